The molecule has 1 aliphatic heterocycles. The van der Waals surface area contributed by atoms with Gasteiger partial charge in [0.25, 0.3) is 5.91 Å². The maximum atomic E-state index is 13.1. The predicted molar refractivity (Wildman–Crippen MR) is 145 cm³/mol. The summed E-state index contributed by atoms with van der Waals surface area (Å²) in [6.45, 7) is 1.06. The van der Waals surface area contributed by atoms with Crippen LogP contribution < -0.4 is 4.72 Å². The molecule has 5 rings (SSSR count). The Bertz CT molecular complexity index is 1330. The zero-order valence-corrected chi connectivity index (χ0v) is 21.1. The summed E-state index contributed by atoms with van der Waals surface area (Å²) in [6.07, 6.45) is 4.89. The standard InChI is InChI=1S/C28H27N3O2S2/c1-34-24-9-3-2-8-23(24)28(33)15-18-31(19-16-28)27(32)21-11-13-22(14-12-21)30-35-25-10-4-6-20-7-5-17-29-26(20)25/h2-14,17,30,33H,15-16,18-19H2,1H3. The largest absolute Gasteiger partial charge is 0.385 e. The molecule has 3 aromatic carbocycles. The topological polar surface area (TPSA) is 65.5 Å². The molecule has 0 bridgehead atoms. The molecule has 1 aliphatic rings. The first kappa shape index (κ1) is 23.7. The van der Waals surface area contributed by atoms with Crippen molar-refractivity contribution < 1.29 is 9.90 Å². The second kappa shape index (κ2) is 10.3. The number of pyridine rings is 1. The quantitative estimate of drug-likeness (QED) is 0.242. The highest BCUT2D eigenvalue weighted by atomic mass is 32.2. The molecule has 5 nitrogen and oxygen atoms in total. The number of aromatic nitrogens is 1. The molecule has 35 heavy (non-hydrogen) atoms. The van der Waals surface area contributed by atoms with Crippen molar-refractivity contribution in [1.29, 1.82) is 0 Å². The molecule has 2 N–H and O–H groups in total. The number of hydrogen-bond donors (Lipinski definition) is 2. The highest BCUT2D eigenvalue weighted by molar-refractivity contribution is 8.00. The Morgan fingerprint density at radius 3 is 2.43 bits per heavy atom. The van der Waals surface area contributed by atoms with Gasteiger partial charge in [-0.05, 0) is 79.1 Å². The van der Waals surface area contributed by atoms with Crippen LogP contribution in [-0.2, 0) is 5.60 Å². The van der Waals surface area contributed by atoms with E-state index in [0.717, 1.165) is 31.9 Å². The van der Waals surface area contributed by atoms with Crippen LogP contribution >= 0.6 is 23.7 Å². The second-order valence-corrected chi connectivity index (χ2v) is 10.3. The SMILES string of the molecule is CSc1ccccc1C1(O)CCN(C(=O)c2ccc(NSc3cccc4cccnc34)cc2)CC1. The molecule has 0 saturated carbocycles. The fourth-order valence-electron chi connectivity index (χ4n) is 4.51. The molecule has 2 heterocycles. The maximum absolute atomic E-state index is 13.1. The van der Waals surface area contributed by atoms with Gasteiger partial charge in [-0.3, -0.25) is 9.78 Å². The fraction of sp³-hybridized carbons (Fsp3) is 0.214. The second-order valence-electron chi connectivity index (χ2n) is 8.64. The number of thioether (sulfide) groups is 1. The van der Waals surface area contributed by atoms with Crippen molar-refractivity contribution in [2.75, 3.05) is 24.1 Å². The van der Waals surface area contributed by atoms with E-state index in [-0.39, 0.29) is 5.91 Å². The van der Waals surface area contributed by atoms with Gasteiger partial charge in [-0.15, -0.1) is 11.8 Å². The van der Waals surface area contributed by atoms with Gasteiger partial charge in [-0.25, -0.2) is 0 Å². The van der Waals surface area contributed by atoms with E-state index >= 15 is 0 Å². The number of rotatable bonds is 6. The molecule has 7 heteroatoms. The number of likely N-dealkylation sites (tertiary alicyclic amines) is 1. The number of amides is 1. The summed E-state index contributed by atoms with van der Waals surface area (Å²) in [4.78, 5) is 21.6. The minimum atomic E-state index is -0.891. The molecular formula is C28H27N3O2S2. The summed E-state index contributed by atoms with van der Waals surface area (Å²) < 4.78 is 3.36. The molecular weight excluding hydrogens is 474 g/mol. The summed E-state index contributed by atoms with van der Waals surface area (Å²) >= 11 is 3.15. The number of para-hydroxylation sites is 1. The number of piperidine rings is 1. The third-order valence-corrected chi connectivity index (χ3v) is 8.18. The summed E-state index contributed by atoms with van der Waals surface area (Å²) in [7, 11) is 0. The number of carbonyl (C=O) groups is 1. The van der Waals surface area contributed by atoms with Gasteiger partial charge in [0.05, 0.1) is 16.0 Å². The lowest BCUT2D eigenvalue weighted by Gasteiger charge is -2.39. The summed E-state index contributed by atoms with van der Waals surface area (Å²) in [5, 5.41) is 12.4. The van der Waals surface area contributed by atoms with Crippen LogP contribution in [0.25, 0.3) is 10.9 Å². The van der Waals surface area contributed by atoms with Crippen molar-refractivity contribution in [3.63, 3.8) is 0 Å². The Morgan fingerprint density at radius 2 is 1.66 bits per heavy atom. The lowest BCUT2D eigenvalue weighted by Crippen LogP contribution is -2.45. The predicted octanol–water partition coefficient (Wildman–Crippen LogP) is 6.20. The van der Waals surface area contributed by atoms with Crippen molar-refractivity contribution in [1.82, 2.24) is 9.88 Å². The molecule has 1 fully saturated rings. The average Bonchev–Trinajstić information content (AvgIpc) is 2.92. The summed E-state index contributed by atoms with van der Waals surface area (Å²) in [5.74, 6) is 0.00246. The fourth-order valence-corrected chi connectivity index (χ4v) is 5.98. The van der Waals surface area contributed by atoms with Crippen LogP contribution in [0.1, 0.15) is 28.8 Å². The van der Waals surface area contributed by atoms with Gasteiger partial charge in [0.1, 0.15) is 0 Å². The number of nitrogens with zero attached hydrogens (tertiary/aromatic N) is 2. The summed E-state index contributed by atoms with van der Waals surface area (Å²) in [6, 6.07) is 25.7. The minimum absolute atomic E-state index is 0.00246. The van der Waals surface area contributed by atoms with Crippen molar-refractivity contribution in [3.05, 3.63) is 96.2 Å². The van der Waals surface area contributed by atoms with Gasteiger partial charge in [-0.1, -0.05) is 36.4 Å². The molecule has 1 amide bonds. The van der Waals surface area contributed by atoms with E-state index in [4.69, 9.17) is 0 Å². The van der Waals surface area contributed by atoms with Gasteiger partial charge in [0.15, 0.2) is 0 Å². The molecule has 0 unspecified atom stereocenters. The minimum Gasteiger partial charge on any atom is -0.385 e. The van der Waals surface area contributed by atoms with Crippen LogP contribution in [0.15, 0.2) is 94.9 Å². The highest BCUT2D eigenvalue weighted by Gasteiger charge is 2.37. The van der Waals surface area contributed by atoms with E-state index in [2.05, 4.69) is 21.8 Å². The van der Waals surface area contributed by atoms with E-state index in [1.54, 1.807) is 18.0 Å². The van der Waals surface area contributed by atoms with E-state index in [1.807, 2.05) is 77.9 Å². The first-order chi connectivity index (χ1) is 17.1. The monoisotopic (exact) mass is 501 g/mol. The Balaban J connectivity index is 1.21. The normalized spacial score (nSPS) is 15.2. The van der Waals surface area contributed by atoms with Crippen molar-refractivity contribution >= 4 is 46.2 Å². The van der Waals surface area contributed by atoms with Crippen LogP contribution in [0.2, 0.25) is 0 Å². The Hall–Kier alpha value is -3.00. The van der Waals surface area contributed by atoms with Crippen LogP contribution in [0.3, 0.4) is 0 Å². The van der Waals surface area contributed by atoms with Crippen molar-refractivity contribution in [3.8, 4) is 0 Å². The molecule has 0 atom stereocenters. The van der Waals surface area contributed by atoms with E-state index in [9.17, 15) is 9.90 Å². The number of anilines is 1. The molecule has 0 spiro atoms. The first-order valence-corrected chi connectivity index (χ1v) is 13.6. The molecule has 1 aromatic heterocycles. The summed E-state index contributed by atoms with van der Waals surface area (Å²) in [5.41, 5.74) is 2.61. The van der Waals surface area contributed by atoms with Crippen LogP contribution in [-0.4, -0.2) is 40.2 Å². The molecule has 4 aromatic rings. The van der Waals surface area contributed by atoms with Crippen LogP contribution in [0.5, 0.6) is 0 Å². The first-order valence-electron chi connectivity index (χ1n) is 11.6. The van der Waals surface area contributed by atoms with Gasteiger partial charge < -0.3 is 14.7 Å². The van der Waals surface area contributed by atoms with Gasteiger partial charge >= 0.3 is 0 Å². The Kier molecular flexibility index (Phi) is 7.00. The Morgan fingerprint density at radius 1 is 0.943 bits per heavy atom. The molecule has 178 valence electrons. The lowest BCUT2D eigenvalue weighted by atomic mass is 9.84. The zero-order valence-electron chi connectivity index (χ0n) is 19.5. The number of benzene rings is 3. The third-order valence-electron chi connectivity index (χ3n) is 6.49. The van der Waals surface area contributed by atoms with Gasteiger partial charge in [-0.2, -0.15) is 0 Å². The number of aliphatic hydroxyl groups is 1. The number of fused-ring (bicyclic) bond motifs is 1. The Labute approximate surface area is 214 Å². The molecule has 0 aliphatic carbocycles. The van der Waals surface area contributed by atoms with Gasteiger partial charge in [0, 0.05) is 40.8 Å². The average molecular weight is 502 g/mol. The molecule has 1 saturated heterocycles. The van der Waals surface area contributed by atoms with Crippen LogP contribution in [0.4, 0.5) is 5.69 Å². The van der Waals surface area contributed by atoms with Crippen LogP contribution in [0, 0.1) is 0 Å². The number of nitrogens with one attached hydrogen (secondary N) is 1. The third kappa shape index (κ3) is 5.03. The van der Waals surface area contributed by atoms with E-state index < -0.39 is 5.60 Å². The number of carbonyl (C=O) groups excluding carboxylic acids is 1. The maximum Gasteiger partial charge on any atom is 0.253 e. The smallest absolute Gasteiger partial charge is 0.253 e. The van der Waals surface area contributed by atoms with Crippen molar-refractivity contribution in [2.45, 2.75) is 28.2 Å². The lowest BCUT2D eigenvalue weighted by molar-refractivity contribution is -0.0230. The zero-order chi connectivity index (χ0) is 24.3. The van der Waals surface area contributed by atoms with Gasteiger partial charge in [0.2, 0.25) is 0 Å². The van der Waals surface area contributed by atoms with E-state index in [0.29, 0.717) is 31.5 Å². The molecule has 0 radical (unpaired) electrons. The highest BCUT2D eigenvalue weighted by Crippen LogP contribution is 2.38. The number of hydrogen-bond acceptors (Lipinski definition) is 6. The van der Waals surface area contributed by atoms with Crippen molar-refractivity contribution in [2.24, 2.45) is 0 Å². The van der Waals surface area contributed by atoms with E-state index in [1.165, 1.54) is 11.9 Å².